The van der Waals surface area contributed by atoms with Crippen molar-refractivity contribution in [3.8, 4) is 0 Å². The van der Waals surface area contributed by atoms with Crippen LogP contribution in [0.1, 0.15) is 49.8 Å². The van der Waals surface area contributed by atoms with Crippen LogP contribution in [-0.2, 0) is 11.3 Å². The summed E-state index contributed by atoms with van der Waals surface area (Å²) < 4.78 is 0.999. The lowest BCUT2D eigenvalue weighted by Crippen LogP contribution is -2.59. The fourth-order valence-corrected chi connectivity index (χ4v) is 3.86. The largest absolute Gasteiger partial charge is 0.348 e. The predicted octanol–water partition coefficient (Wildman–Crippen LogP) is 4.44. The average molecular weight is 444 g/mol. The molecule has 2 aromatic carbocycles. The molecule has 0 saturated heterocycles. The zero-order chi connectivity index (χ0) is 20.0. The summed E-state index contributed by atoms with van der Waals surface area (Å²) in [6, 6.07) is 17.2. The summed E-state index contributed by atoms with van der Waals surface area (Å²) in [5.41, 5.74) is 1.20. The quantitative estimate of drug-likeness (QED) is 0.617. The molecular formula is C22H26BrN3O2. The summed E-state index contributed by atoms with van der Waals surface area (Å²) in [6.45, 7) is 2.39. The lowest BCUT2D eigenvalue weighted by Gasteiger charge is -2.30. The van der Waals surface area contributed by atoms with Crippen molar-refractivity contribution in [2.75, 3.05) is 0 Å². The van der Waals surface area contributed by atoms with Gasteiger partial charge in [-0.1, -0.05) is 71.2 Å². The minimum absolute atomic E-state index is 0.115. The van der Waals surface area contributed by atoms with Crippen molar-refractivity contribution in [1.82, 2.24) is 16.0 Å². The van der Waals surface area contributed by atoms with E-state index >= 15 is 0 Å². The van der Waals surface area contributed by atoms with Gasteiger partial charge in [-0.15, -0.1) is 0 Å². The van der Waals surface area contributed by atoms with Crippen LogP contribution >= 0.6 is 15.9 Å². The molecular weight excluding hydrogens is 418 g/mol. The Morgan fingerprint density at radius 3 is 2.32 bits per heavy atom. The first-order chi connectivity index (χ1) is 13.5. The molecule has 0 heterocycles. The van der Waals surface area contributed by atoms with Crippen LogP contribution in [0.15, 0.2) is 59.1 Å². The van der Waals surface area contributed by atoms with E-state index in [4.69, 9.17) is 0 Å². The van der Waals surface area contributed by atoms with Gasteiger partial charge in [0.2, 0.25) is 5.91 Å². The Hall–Kier alpha value is -2.34. The van der Waals surface area contributed by atoms with Gasteiger partial charge >= 0.3 is 6.03 Å². The summed E-state index contributed by atoms with van der Waals surface area (Å²) in [4.78, 5) is 25.5. The Morgan fingerprint density at radius 2 is 1.68 bits per heavy atom. The van der Waals surface area contributed by atoms with Crippen LogP contribution in [0.3, 0.4) is 0 Å². The highest BCUT2D eigenvalue weighted by atomic mass is 79.9. The molecule has 5 nitrogen and oxygen atoms in total. The number of rotatable bonds is 6. The molecule has 2 aromatic rings. The van der Waals surface area contributed by atoms with Crippen molar-refractivity contribution in [2.24, 2.45) is 0 Å². The predicted molar refractivity (Wildman–Crippen MR) is 114 cm³/mol. The fourth-order valence-electron chi connectivity index (χ4n) is 3.60. The van der Waals surface area contributed by atoms with E-state index in [1.807, 2.05) is 61.5 Å². The monoisotopic (exact) mass is 443 g/mol. The van der Waals surface area contributed by atoms with Crippen molar-refractivity contribution < 1.29 is 9.59 Å². The van der Waals surface area contributed by atoms with Crippen LogP contribution in [-0.4, -0.2) is 17.5 Å². The van der Waals surface area contributed by atoms with E-state index in [9.17, 15) is 9.59 Å². The van der Waals surface area contributed by atoms with E-state index in [1.54, 1.807) is 0 Å². The molecule has 0 aromatic heterocycles. The maximum atomic E-state index is 13.1. The van der Waals surface area contributed by atoms with E-state index < -0.39 is 5.54 Å². The molecule has 3 N–H and O–H groups in total. The maximum Gasteiger partial charge on any atom is 0.315 e. The summed E-state index contributed by atoms with van der Waals surface area (Å²) >= 11 is 3.42. The molecule has 1 aliphatic carbocycles. The van der Waals surface area contributed by atoms with E-state index in [-0.39, 0.29) is 18.0 Å². The van der Waals surface area contributed by atoms with Crippen LogP contribution in [0.2, 0.25) is 0 Å². The fraction of sp³-hybridized carbons (Fsp3) is 0.364. The summed E-state index contributed by atoms with van der Waals surface area (Å²) in [5.74, 6) is -0.115. The zero-order valence-corrected chi connectivity index (χ0v) is 17.6. The second kappa shape index (κ2) is 9.24. The third-order valence-corrected chi connectivity index (χ3v) is 5.79. The molecule has 0 radical (unpaired) electrons. The zero-order valence-electron chi connectivity index (χ0n) is 16.0. The molecule has 1 unspecified atom stereocenters. The second-order valence-electron chi connectivity index (χ2n) is 7.33. The summed E-state index contributed by atoms with van der Waals surface area (Å²) in [6.07, 6.45) is 3.17. The number of benzene rings is 2. The molecule has 0 spiro atoms. The molecule has 3 amide bonds. The summed E-state index contributed by atoms with van der Waals surface area (Å²) in [7, 11) is 0. The molecule has 3 rings (SSSR count). The van der Waals surface area contributed by atoms with E-state index in [1.165, 1.54) is 0 Å². The number of halogens is 1. The van der Waals surface area contributed by atoms with Gasteiger partial charge in [0, 0.05) is 11.0 Å². The molecule has 1 fully saturated rings. The highest BCUT2D eigenvalue weighted by Crippen LogP contribution is 2.31. The van der Waals surface area contributed by atoms with Crippen molar-refractivity contribution in [2.45, 2.75) is 50.7 Å². The second-order valence-corrected chi connectivity index (χ2v) is 8.24. The third kappa shape index (κ3) is 5.13. The highest BCUT2D eigenvalue weighted by molar-refractivity contribution is 9.10. The van der Waals surface area contributed by atoms with E-state index in [0.29, 0.717) is 19.4 Å². The minimum Gasteiger partial charge on any atom is -0.348 e. The van der Waals surface area contributed by atoms with Crippen molar-refractivity contribution in [3.63, 3.8) is 0 Å². The highest BCUT2D eigenvalue weighted by Gasteiger charge is 2.42. The molecule has 0 bridgehead atoms. The van der Waals surface area contributed by atoms with Crippen molar-refractivity contribution in [1.29, 1.82) is 0 Å². The van der Waals surface area contributed by atoms with Gasteiger partial charge in [-0.05, 0) is 43.0 Å². The van der Waals surface area contributed by atoms with Crippen LogP contribution in [0.25, 0.3) is 0 Å². The van der Waals surface area contributed by atoms with Gasteiger partial charge in [-0.3, -0.25) is 4.79 Å². The number of carbonyl (C=O) groups excluding carboxylic acids is 2. The number of hydrogen-bond donors (Lipinski definition) is 3. The molecule has 6 heteroatoms. The average Bonchev–Trinajstić information content (AvgIpc) is 3.17. The van der Waals surface area contributed by atoms with Crippen molar-refractivity contribution >= 4 is 27.9 Å². The Balaban J connectivity index is 1.61. The van der Waals surface area contributed by atoms with Crippen LogP contribution in [0.4, 0.5) is 4.79 Å². The molecule has 1 aliphatic rings. The van der Waals surface area contributed by atoms with Crippen LogP contribution in [0.5, 0.6) is 0 Å². The standard InChI is InChI=1S/C22H26BrN3O2/c1-16(18-9-11-19(23)12-10-18)25-20(27)22(13-5-6-14-22)26-21(28)24-15-17-7-3-2-4-8-17/h2-4,7-12,16H,5-6,13-15H2,1H3,(H,25,27)(H2,24,26,28). The first kappa shape index (κ1) is 20.4. The normalized spacial score (nSPS) is 16.2. The molecule has 148 valence electrons. The van der Waals surface area contributed by atoms with Gasteiger partial charge in [0.05, 0.1) is 6.04 Å². The minimum atomic E-state index is -0.843. The molecule has 28 heavy (non-hydrogen) atoms. The first-order valence-electron chi connectivity index (χ1n) is 9.65. The Labute approximate surface area is 174 Å². The number of hydrogen-bond acceptors (Lipinski definition) is 2. The maximum absolute atomic E-state index is 13.1. The smallest absolute Gasteiger partial charge is 0.315 e. The lowest BCUT2D eigenvalue weighted by molar-refractivity contribution is -0.127. The Bertz CT molecular complexity index is 802. The van der Waals surface area contributed by atoms with Gasteiger partial charge in [-0.2, -0.15) is 0 Å². The lowest BCUT2D eigenvalue weighted by atomic mass is 9.95. The Kier molecular flexibility index (Phi) is 6.73. The molecule has 0 aliphatic heterocycles. The topological polar surface area (TPSA) is 70.2 Å². The number of amides is 3. The van der Waals surface area contributed by atoms with E-state index in [2.05, 4.69) is 31.9 Å². The van der Waals surface area contributed by atoms with Gasteiger partial charge in [0.15, 0.2) is 0 Å². The van der Waals surface area contributed by atoms with Gasteiger partial charge in [-0.25, -0.2) is 4.79 Å². The summed E-state index contributed by atoms with van der Waals surface area (Å²) in [5, 5.41) is 8.90. The number of urea groups is 1. The van der Waals surface area contributed by atoms with Gasteiger partial charge in [0.25, 0.3) is 0 Å². The first-order valence-corrected chi connectivity index (χ1v) is 10.4. The molecule has 1 atom stereocenters. The van der Waals surface area contributed by atoms with Crippen LogP contribution in [0, 0.1) is 0 Å². The Morgan fingerprint density at radius 1 is 1.04 bits per heavy atom. The van der Waals surface area contributed by atoms with Crippen molar-refractivity contribution in [3.05, 3.63) is 70.2 Å². The number of carbonyl (C=O) groups is 2. The third-order valence-electron chi connectivity index (χ3n) is 5.26. The SMILES string of the molecule is CC(NC(=O)C1(NC(=O)NCc2ccccc2)CCCC1)c1ccc(Br)cc1. The van der Waals surface area contributed by atoms with E-state index in [0.717, 1.165) is 28.4 Å². The van der Waals surface area contributed by atoms with Gasteiger partial charge < -0.3 is 16.0 Å². The molecule has 1 saturated carbocycles. The van der Waals surface area contributed by atoms with Crippen LogP contribution < -0.4 is 16.0 Å². The number of nitrogens with one attached hydrogen (secondary N) is 3. The van der Waals surface area contributed by atoms with Gasteiger partial charge in [0.1, 0.15) is 5.54 Å².